The highest BCUT2D eigenvalue weighted by Gasteiger charge is 2.38. The summed E-state index contributed by atoms with van der Waals surface area (Å²) in [6, 6.07) is 11.4. The van der Waals surface area contributed by atoms with Gasteiger partial charge in [-0.3, -0.25) is 0 Å². The minimum atomic E-state index is 0.179. The molecule has 5 nitrogen and oxygen atoms in total. The molecule has 1 fully saturated rings. The highest BCUT2D eigenvalue weighted by molar-refractivity contribution is 5.53. The topological polar surface area (TPSA) is 61.3 Å². The second kappa shape index (κ2) is 6.40. The molecule has 1 aliphatic carbocycles. The lowest BCUT2D eigenvalue weighted by Gasteiger charge is -2.47. The van der Waals surface area contributed by atoms with Gasteiger partial charge in [-0.15, -0.1) is 0 Å². The number of aliphatic hydroxyl groups is 1. The van der Waals surface area contributed by atoms with E-state index in [4.69, 9.17) is 10.1 Å². The number of rotatable bonds is 5. The van der Waals surface area contributed by atoms with Crippen LogP contribution in [-0.2, 0) is 0 Å². The number of hydrogen-bond donors (Lipinski definition) is 2. The number of aromatic nitrogens is 2. The van der Waals surface area contributed by atoms with Gasteiger partial charge in [0, 0.05) is 37.4 Å². The monoisotopic (exact) mass is 324 g/mol. The van der Waals surface area contributed by atoms with Crippen LogP contribution in [0.25, 0.3) is 0 Å². The first-order valence-corrected chi connectivity index (χ1v) is 8.82. The molecule has 2 atom stereocenters. The molecule has 0 radical (unpaired) electrons. The van der Waals surface area contributed by atoms with E-state index in [1.165, 1.54) is 24.0 Å². The molecule has 24 heavy (non-hydrogen) atoms. The first-order valence-electron chi connectivity index (χ1n) is 8.82. The molecule has 2 aromatic rings. The molecule has 3 aliphatic rings. The van der Waals surface area contributed by atoms with Crippen molar-refractivity contribution in [3.63, 3.8) is 0 Å². The predicted octanol–water partition coefficient (Wildman–Crippen LogP) is 3.02. The van der Waals surface area contributed by atoms with Gasteiger partial charge in [0.15, 0.2) is 0 Å². The van der Waals surface area contributed by atoms with Crippen LogP contribution in [0.2, 0.25) is 0 Å². The van der Waals surface area contributed by atoms with Crippen molar-refractivity contribution in [2.24, 2.45) is 0 Å². The molecule has 5 rings (SSSR count). The molecular weight excluding hydrogens is 300 g/mol. The van der Waals surface area contributed by atoms with Gasteiger partial charge in [0.1, 0.15) is 5.82 Å². The van der Waals surface area contributed by atoms with Crippen molar-refractivity contribution in [3.05, 3.63) is 47.2 Å². The van der Waals surface area contributed by atoms with E-state index in [1.54, 1.807) is 0 Å². The Labute approximate surface area is 142 Å². The summed E-state index contributed by atoms with van der Waals surface area (Å²) >= 11 is 0. The van der Waals surface area contributed by atoms with Gasteiger partial charge in [-0.05, 0) is 37.3 Å². The van der Waals surface area contributed by atoms with Crippen LogP contribution in [0.3, 0.4) is 0 Å². The molecule has 2 bridgehead atoms. The Bertz CT molecular complexity index is 733. The Hall–Kier alpha value is -2.14. The molecular formula is C19H24N4O. The van der Waals surface area contributed by atoms with Crippen LogP contribution in [-0.4, -0.2) is 34.8 Å². The molecule has 3 heterocycles. The fraction of sp³-hybridized carbons (Fsp3) is 0.474. The summed E-state index contributed by atoms with van der Waals surface area (Å²) in [6.45, 7) is 3.92. The van der Waals surface area contributed by atoms with Crippen molar-refractivity contribution in [2.45, 2.75) is 38.1 Å². The van der Waals surface area contributed by atoms with Gasteiger partial charge in [0.25, 0.3) is 0 Å². The number of aryl methyl sites for hydroxylation is 1. The molecule has 1 aromatic carbocycles. The normalized spacial score (nSPS) is 21.7. The molecule has 1 aromatic heterocycles. The number of fused-ring (bicyclic) bond motifs is 2. The lowest BCUT2D eigenvalue weighted by atomic mass is 9.75. The van der Waals surface area contributed by atoms with Crippen molar-refractivity contribution in [1.82, 2.24) is 9.97 Å². The third-order valence-electron chi connectivity index (χ3n) is 5.13. The Balaban J connectivity index is 1.63. The maximum Gasteiger partial charge on any atom is 0.224 e. The molecule has 2 N–H and O–H groups in total. The second-order valence-electron chi connectivity index (χ2n) is 6.77. The van der Waals surface area contributed by atoms with E-state index in [1.807, 2.05) is 6.92 Å². The largest absolute Gasteiger partial charge is 0.396 e. The summed E-state index contributed by atoms with van der Waals surface area (Å²) in [7, 11) is 0. The van der Waals surface area contributed by atoms with Crippen molar-refractivity contribution in [3.8, 4) is 0 Å². The lowest BCUT2D eigenvalue weighted by molar-refractivity contribution is 0.292. The third-order valence-corrected chi connectivity index (χ3v) is 5.13. The highest BCUT2D eigenvalue weighted by Crippen LogP contribution is 2.47. The number of aliphatic hydroxyl groups excluding tert-OH is 1. The number of piperidine rings is 1. The summed E-state index contributed by atoms with van der Waals surface area (Å²) in [5, 5.41) is 12.2. The van der Waals surface area contributed by atoms with Crippen LogP contribution in [0.15, 0.2) is 30.3 Å². The zero-order chi connectivity index (χ0) is 16.5. The average Bonchev–Trinajstić information content (AvgIpc) is 2.62. The van der Waals surface area contributed by atoms with Gasteiger partial charge in [0.2, 0.25) is 5.95 Å². The van der Waals surface area contributed by atoms with E-state index in [9.17, 15) is 0 Å². The van der Waals surface area contributed by atoms with E-state index in [0.29, 0.717) is 30.9 Å². The summed E-state index contributed by atoms with van der Waals surface area (Å²) in [5.74, 6) is 2.28. The molecule has 0 amide bonds. The first-order chi connectivity index (χ1) is 11.8. The van der Waals surface area contributed by atoms with Gasteiger partial charge >= 0.3 is 0 Å². The standard InChI is InChI=1S/C19H24N4O/c1-13-11-18(22-19(21-13)20-9-4-10-24)23-12-14-7-8-17(23)16-6-3-2-5-15(14)16/h2-3,5-6,11,14,17,24H,4,7-10,12H2,1H3,(H,20,21,22)/t14-,17+/m1/s1. The summed E-state index contributed by atoms with van der Waals surface area (Å²) in [6.07, 6.45) is 3.16. The Morgan fingerprint density at radius 2 is 2.04 bits per heavy atom. The van der Waals surface area contributed by atoms with Crippen LogP contribution in [0, 0.1) is 6.92 Å². The molecule has 5 heteroatoms. The molecule has 1 saturated heterocycles. The van der Waals surface area contributed by atoms with Crippen molar-refractivity contribution < 1.29 is 5.11 Å². The van der Waals surface area contributed by atoms with E-state index in [2.05, 4.69) is 45.5 Å². The summed E-state index contributed by atoms with van der Waals surface area (Å²) in [5.41, 5.74) is 3.96. The molecule has 0 spiro atoms. The third kappa shape index (κ3) is 2.73. The van der Waals surface area contributed by atoms with E-state index < -0.39 is 0 Å². The van der Waals surface area contributed by atoms with Crippen LogP contribution in [0.1, 0.15) is 48.0 Å². The predicted molar refractivity (Wildman–Crippen MR) is 95.5 cm³/mol. The van der Waals surface area contributed by atoms with Crippen molar-refractivity contribution in [1.29, 1.82) is 0 Å². The minimum absolute atomic E-state index is 0.179. The first kappa shape index (κ1) is 15.4. The van der Waals surface area contributed by atoms with Gasteiger partial charge in [0.05, 0.1) is 6.04 Å². The maximum absolute atomic E-state index is 8.93. The Morgan fingerprint density at radius 1 is 1.21 bits per heavy atom. The SMILES string of the molecule is Cc1cc(N2C[C@H]3CC[C@H]2c2ccccc23)nc(NCCCO)n1. The lowest BCUT2D eigenvalue weighted by Crippen LogP contribution is -2.43. The van der Waals surface area contributed by atoms with Gasteiger partial charge in [-0.1, -0.05) is 24.3 Å². The van der Waals surface area contributed by atoms with Crippen LogP contribution < -0.4 is 10.2 Å². The molecule has 0 saturated carbocycles. The fourth-order valence-electron chi connectivity index (χ4n) is 4.04. The smallest absolute Gasteiger partial charge is 0.224 e. The maximum atomic E-state index is 8.93. The Morgan fingerprint density at radius 3 is 2.88 bits per heavy atom. The summed E-state index contributed by atoms with van der Waals surface area (Å²) < 4.78 is 0. The average molecular weight is 324 g/mol. The highest BCUT2D eigenvalue weighted by atomic mass is 16.3. The molecule has 2 aliphatic heterocycles. The summed E-state index contributed by atoms with van der Waals surface area (Å²) in [4.78, 5) is 11.7. The van der Waals surface area contributed by atoms with Crippen LogP contribution >= 0.6 is 0 Å². The van der Waals surface area contributed by atoms with Crippen molar-refractivity contribution >= 4 is 11.8 Å². The van der Waals surface area contributed by atoms with Crippen molar-refractivity contribution in [2.75, 3.05) is 29.9 Å². The molecule has 0 unspecified atom stereocenters. The zero-order valence-electron chi connectivity index (χ0n) is 14.1. The fourth-order valence-corrected chi connectivity index (χ4v) is 4.04. The number of anilines is 2. The van der Waals surface area contributed by atoms with Gasteiger partial charge < -0.3 is 15.3 Å². The van der Waals surface area contributed by atoms with Crippen LogP contribution in [0.5, 0.6) is 0 Å². The number of nitrogens with zero attached hydrogens (tertiary/aromatic N) is 3. The molecule has 126 valence electrons. The van der Waals surface area contributed by atoms with E-state index >= 15 is 0 Å². The number of benzene rings is 1. The second-order valence-corrected chi connectivity index (χ2v) is 6.77. The van der Waals surface area contributed by atoms with E-state index in [-0.39, 0.29) is 6.61 Å². The van der Waals surface area contributed by atoms with Gasteiger partial charge in [-0.25, -0.2) is 4.98 Å². The Kier molecular flexibility index (Phi) is 4.10. The van der Waals surface area contributed by atoms with E-state index in [0.717, 1.165) is 18.1 Å². The quantitative estimate of drug-likeness (QED) is 0.828. The zero-order valence-corrected chi connectivity index (χ0v) is 14.1. The number of nitrogens with one attached hydrogen (secondary N) is 1. The van der Waals surface area contributed by atoms with Crippen LogP contribution in [0.4, 0.5) is 11.8 Å². The number of hydrogen-bond acceptors (Lipinski definition) is 5. The van der Waals surface area contributed by atoms with Gasteiger partial charge in [-0.2, -0.15) is 4.98 Å². The minimum Gasteiger partial charge on any atom is -0.396 e.